The molecule has 0 spiro atoms. The van der Waals surface area contributed by atoms with Crippen LogP contribution in [0.2, 0.25) is 0 Å². The van der Waals surface area contributed by atoms with Gasteiger partial charge in [-0.1, -0.05) is 18.1 Å². The van der Waals surface area contributed by atoms with Gasteiger partial charge in [-0.05, 0) is 37.8 Å². The van der Waals surface area contributed by atoms with Gasteiger partial charge in [0.15, 0.2) is 0 Å². The van der Waals surface area contributed by atoms with Crippen LogP contribution in [0.5, 0.6) is 5.75 Å². The van der Waals surface area contributed by atoms with Crippen molar-refractivity contribution in [1.82, 2.24) is 15.2 Å². The molecule has 3 aliphatic rings. The van der Waals surface area contributed by atoms with Crippen molar-refractivity contribution in [2.24, 2.45) is 5.92 Å². The van der Waals surface area contributed by atoms with Crippen molar-refractivity contribution in [1.29, 1.82) is 0 Å². The number of benzene rings is 1. The van der Waals surface area contributed by atoms with E-state index in [1.54, 1.807) is 0 Å². The van der Waals surface area contributed by atoms with Crippen LogP contribution < -0.4 is 10.1 Å². The Balaban J connectivity index is 1.53. The predicted octanol–water partition coefficient (Wildman–Crippen LogP) is 2.82. The summed E-state index contributed by atoms with van der Waals surface area (Å²) in [5.41, 5.74) is 4.71. The molecule has 2 amide bonds. The Hall–Kier alpha value is -2.64. The molecule has 0 bridgehead atoms. The molecule has 2 aliphatic carbocycles. The average molecular weight is 424 g/mol. The molecule has 7 nitrogen and oxygen atoms in total. The highest BCUT2D eigenvalue weighted by Gasteiger charge is 2.41. The minimum absolute atomic E-state index is 0.330. The van der Waals surface area contributed by atoms with E-state index in [1.807, 2.05) is 25.1 Å². The molecule has 31 heavy (non-hydrogen) atoms. The molecule has 2 aromatic rings. The van der Waals surface area contributed by atoms with Crippen LogP contribution in [-0.4, -0.2) is 61.7 Å². The molecule has 1 saturated heterocycles. The van der Waals surface area contributed by atoms with Gasteiger partial charge < -0.3 is 14.5 Å². The van der Waals surface area contributed by atoms with Crippen LogP contribution in [0, 0.1) is 5.92 Å². The van der Waals surface area contributed by atoms with Crippen molar-refractivity contribution in [2.45, 2.75) is 32.1 Å². The molecule has 2 heterocycles. The number of amides is 2. The summed E-state index contributed by atoms with van der Waals surface area (Å²) in [6.07, 6.45) is 3.80. The van der Waals surface area contributed by atoms with Gasteiger partial charge in [-0.2, -0.15) is 0 Å². The fourth-order valence-corrected chi connectivity index (χ4v) is 5.63. The smallest absolute Gasteiger partial charge is 0.258 e. The van der Waals surface area contributed by atoms with Gasteiger partial charge in [0.2, 0.25) is 6.41 Å². The van der Waals surface area contributed by atoms with Crippen molar-refractivity contribution < 1.29 is 19.1 Å². The molecule has 1 saturated carbocycles. The van der Waals surface area contributed by atoms with Gasteiger partial charge in [0.25, 0.3) is 5.91 Å². The maximum absolute atomic E-state index is 13.0. The zero-order chi connectivity index (χ0) is 21.4. The van der Waals surface area contributed by atoms with Crippen LogP contribution in [0.15, 0.2) is 23.8 Å². The standard InChI is InChI=1S/C24H29N3O4/c1-15-16-4-2-5-17(16)23-22(20(15)24(29)25-14-28)21-18(26-23)6-3-7-19(21)31-13-10-27-8-11-30-12-9-27/h3,6-7,14,16-17,26H,2,4-5,8-13H2,1H3,(H,25,28,29). The number of fused-ring (bicyclic) bond motifs is 5. The number of hydrogen-bond acceptors (Lipinski definition) is 5. The summed E-state index contributed by atoms with van der Waals surface area (Å²) >= 11 is 0. The van der Waals surface area contributed by atoms with E-state index >= 15 is 0 Å². The minimum Gasteiger partial charge on any atom is -0.492 e. The van der Waals surface area contributed by atoms with E-state index in [9.17, 15) is 9.59 Å². The number of carbonyl (C=O) groups is 2. The van der Waals surface area contributed by atoms with Gasteiger partial charge in [-0.25, -0.2) is 0 Å². The Morgan fingerprint density at radius 1 is 1.29 bits per heavy atom. The second-order valence-electron chi connectivity index (χ2n) is 8.69. The maximum Gasteiger partial charge on any atom is 0.258 e. The number of morpholine rings is 1. The second-order valence-corrected chi connectivity index (χ2v) is 8.69. The van der Waals surface area contributed by atoms with E-state index in [1.165, 1.54) is 0 Å². The largest absolute Gasteiger partial charge is 0.492 e. The summed E-state index contributed by atoms with van der Waals surface area (Å²) in [6, 6.07) is 6.00. The molecule has 2 unspecified atom stereocenters. The molecular formula is C24H29N3O4. The number of aromatic nitrogens is 1. The van der Waals surface area contributed by atoms with Crippen LogP contribution in [0.3, 0.4) is 0 Å². The quantitative estimate of drug-likeness (QED) is 0.698. The van der Waals surface area contributed by atoms with Crippen molar-refractivity contribution in [2.75, 3.05) is 39.5 Å². The number of allylic oxidation sites excluding steroid dienone is 1. The molecule has 7 heteroatoms. The third-order valence-corrected chi connectivity index (χ3v) is 7.09. The van der Waals surface area contributed by atoms with E-state index in [0.29, 0.717) is 30.4 Å². The molecule has 2 fully saturated rings. The summed E-state index contributed by atoms with van der Waals surface area (Å²) in [7, 11) is 0. The first-order valence-corrected chi connectivity index (χ1v) is 11.2. The summed E-state index contributed by atoms with van der Waals surface area (Å²) in [5, 5.41) is 3.32. The predicted molar refractivity (Wildman–Crippen MR) is 118 cm³/mol. The number of H-pyrrole nitrogens is 1. The molecule has 1 aromatic heterocycles. The molecule has 2 N–H and O–H groups in total. The minimum atomic E-state index is -0.330. The third-order valence-electron chi connectivity index (χ3n) is 7.09. The maximum atomic E-state index is 13.0. The van der Waals surface area contributed by atoms with Crippen LogP contribution in [0.1, 0.15) is 43.4 Å². The van der Waals surface area contributed by atoms with Crippen molar-refractivity contribution in [3.8, 4) is 5.75 Å². The van der Waals surface area contributed by atoms with E-state index < -0.39 is 0 Å². The van der Waals surface area contributed by atoms with Crippen LogP contribution in [-0.2, 0) is 14.3 Å². The highest BCUT2D eigenvalue weighted by atomic mass is 16.5. The first-order valence-electron chi connectivity index (χ1n) is 11.2. The number of nitrogens with zero attached hydrogens (tertiary/aromatic N) is 1. The molecule has 5 rings (SSSR count). The van der Waals surface area contributed by atoms with Gasteiger partial charge in [0.05, 0.1) is 13.2 Å². The SMILES string of the molecule is CC1=C(C(=O)NC=O)c2c([nH]c3cccc(OCCN4CCOCC4)c23)C2CCCC12. The van der Waals surface area contributed by atoms with Gasteiger partial charge in [-0.15, -0.1) is 0 Å². The fraction of sp³-hybridized carbons (Fsp3) is 0.500. The van der Waals surface area contributed by atoms with Crippen molar-refractivity contribution in [3.63, 3.8) is 0 Å². The number of nitrogens with one attached hydrogen (secondary N) is 2. The van der Waals surface area contributed by atoms with Crippen molar-refractivity contribution in [3.05, 3.63) is 35.0 Å². The highest BCUT2D eigenvalue weighted by molar-refractivity contribution is 6.27. The molecule has 2 atom stereocenters. The van der Waals surface area contributed by atoms with Gasteiger partial charge in [0.1, 0.15) is 12.4 Å². The van der Waals surface area contributed by atoms with Crippen LogP contribution in [0.4, 0.5) is 0 Å². The van der Waals surface area contributed by atoms with E-state index in [0.717, 1.165) is 85.6 Å². The summed E-state index contributed by atoms with van der Waals surface area (Å²) in [4.78, 5) is 30.0. The third kappa shape index (κ3) is 3.55. The van der Waals surface area contributed by atoms with Gasteiger partial charge in [0, 0.05) is 53.3 Å². The average Bonchev–Trinajstić information content (AvgIpc) is 3.41. The lowest BCUT2D eigenvalue weighted by Gasteiger charge is -2.29. The first kappa shape index (κ1) is 20.3. The zero-order valence-corrected chi connectivity index (χ0v) is 17.9. The Kier molecular flexibility index (Phi) is 5.54. The lowest BCUT2D eigenvalue weighted by atomic mass is 9.75. The monoisotopic (exact) mass is 423 g/mol. The number of aromatic amines is 1. The Morgan fingerprint density at radius 3 is 2.90 bits per heavy atom. The number of rotatable bonds is 6. The van der Waals surface area contributed by atoms with Crippen molar-refractivity contribution >= 4 is 28.8 Å². The molecule has 1 aromatic carbocycles. The number of imide groups is 1. The first-order chi connectivity index (χ1) is 15.2. The fourth-order valence-electron chi connectivity index (χ4n) is 5.63. The number of carbonyl (C=O) groups excluding carboxylic acids is 2. The number of hydrogen-bond donors (Lipinski definition) is 2. The van der Waals surface area contributed by atoms with Gasteiger partial charge >= 0.3 is 0 Å². The molecule has 0 radical (unpaired) electrons. The Labute approximate surface area is 181 Å². The summed E-state index contributed by atoms with van der Waals surface area (Å²) in [5.74, 6) is 1.18. The summed E-state index contributed by atoms with van der Waals surface area (Å²) < 4.78 is 11.7. The lowest BCUT2D eigenvalue weighted by molar-refractivity contribution is -0.121. The van der Waals surface area contributed by atoms with Gasteiger partial charge in [-0.3, -0.25) is 19.8 Å². The van der Waals surface area contributed by atoms with E-state index in [-0.39, 0.29) is 5.91 Å². The topological polar surface area (TPSA) is 83.7 Å². The number of ether oxygens (including phenoxy) is 2. The molecule has 164 valence electrons. The van der Waals surface area contributed by atoms with Crippen LogP contribution >= 0.6 is 0 Å². The Morgan fingerprint density at radius 2 is 2.10 bits per heavy atom. The van der Waals surface area contributed by atoms with E-state index in [4.69, 9.17) is 9.47 Å². The Bertz CT molecular complexity index is 1030. The van der Waals surface area contributed by atoms with E-state index in [2.05, 4.69) is 15.2 Å². The highest BCUT2D eigenvalue weighted by Crippen LogP contribution is 2.53. The molecule has 1 aliphatic heterocycles. The van der Waals surface area contributed by atoms with Crippen LogP contribution in [0.25, 0.3) is 16.5 Å². The molecular weight excluding hydrogens is 394 g/mol. The lowest BCUT2D eigenvalue weighted by Crippen LogP contribution is -2.38. The zero-order valence-electron chi connectivity index (χ0n) is 17.9. The normalized spacial score (nSPS) is 23.5. The summed E-state index contributed by atoms with van der Waals surface area (Å²) in [6.45, 7) is 6.84. The second kappa shape index (κ2) is 8.48.